The number of rotatable bonds is 1. The lowest BCUT2D eigenvalue weighted by Gasteiger charge is -2.43. The summed E-state index contributed by atoms with van der Waals surface area (Å²) in [6.45, 7) is 10.9. The number of piperazine rings is 1. The number of aryl methyl sites for hydroxylation is 2. The van der Waals surface area contributed by atoms with Gasteiger partial charge in [-0.3, -0.25) is 4.79 Å². The van der Waals surface area contributed by atoms with Crippen LogP contribution in [-0.2, 0) is 4.79 Å². The predicted molar refractivity (Wildman–Crippen MR) is 74.9 cm³/mol. The van der Waals surface area contributed by atoms with Crippen LogP contribution in [0, 0.1) is 13.8 Å². The third-order valence-electron chi connectivity index (χ3n) is 3.65. The third-order valence-corrected chi connectivity index (χ3v) is 3.65. The van der Waals surface area contributed by atoms with Crippen molar-refractivity contribution in [3.63, 3.8) is 0 Å². The highest BCUT2D eigenvalue weighted by Crippen LogP contribution is 2.28. The molecule has 3 heteroatoms. The van der Waals surface area contributed by atoms with Crippen LogP contribution in [0.2, 0.25) is 0 Å². The minimum Gasteiger partial charge on any atom is -0.307 e. The maximum absolute atomic E-state index is 12.6. The van der Waals surface area contributed by atoms with E-state index in [1.807, 2.05) is 18.7 Å². The summed E-state index contributed by atoms with van der Waals surface area (Å²) in [5.74, 6) is 0.146. The van der Waals surface area contributed by atoms with Gasteiger partial charge in [0.2, 0.25) is 5.91 Å². The van der Waals surface area contributed by atoms with Crippen LogP contribution in [0.15, 0.2) is 18.2 Å². The number of anilines is 1. The standard InChI is InChI=1S/C15H22N2O/c1-10-6-7-13(11(2)8-10)17-12(3)9-16-15(4,5)14(17)18/h6-8,12,16H,9H2,1-5H3. The van der Waals surface area contributed by atoms with E-state index in [1.165, 1.54) is 5.56 Å². The van der Waals surface area contributed by atoms with E-state index in [2.05, 4.69) is 44.3 Å². The van der Waals surface area contributed by atoms with Gasteiger partial charge < -0.3 is 10.2 Å². The van der Waals surface area contributed by atoms with E-state index < -0.39 is 5.54 Å². The highest BCUT2D eigenvalue weighted by Gasteiger charge is 2.39. The minimum atomic E-state index is -0.482. The van der Waals surface area contributed by atoms with Gasteiger partial charge in [-0.05, 0) is 46.2 Å². The molecular formula is C15H22N2O. The summed E-state index contributed by atoms with van der Waals surface area (Å²) in [4.78, 5) is 14.5. The summed E-state index contributed by atoms with van der Waals surface area (Å²) >= 11 is 0. The molecule has 0 saturated carbocycles. The average molecular weight is 246 g/mol. The Bertz CT molecular complexity index is 479. The number of nitrogens with zero attached hydrogens (tertiary/aromatic N) is 1. The van der Waals surface area contributed by atoms with Crippen LogP contribution in [-0.4, -0.2) is 24.0 Å². The Morgan fingerprint density at radius 3 is 2.61 bits per heavy atom. The van der Waals surface area contributed by atoms with E-state index in [1.54, 1.807) is 0 Å². The monoisotopic (exact) mass is 246 g/mol. The van der Waals surface area contributed by atoms with Crippen LogP contribution in [0.1, 0.15) is 31.9 Å². The Labute approximate surface area is 109 Å². The number of benzene rings is 1. The van der Waals surface area contributed by atoms with Gasteiger partial charge in [-0.15, -0.1) is 0 Å². The van der Waals surface area contributed by atoms with E-state index in [0.717, 1.165) is 17.8 Å². The molecule has 0 radical (unpaired) electrons. The number of nitrogens with one attached hydrogen (secondary N) is 1. The molecule has 1 aromatic carbocycles. The van der Waals surface area contributed by atoms with Crippen molar-refractivity contribution in [3.8, 4) is 0 Å². The zero-order valence-corrected chi connectivity index (χ0v) is 11.9. The second-order valence-electron chi connectivity index (χ2n) is 5.82. The first kappa shape index (κ1) is 13.1. The van der Waals surface area contributed by atoms with Gasteiger partial charge in [0.05, 0.1) is 5.54 Å². The molecule has 0 spiro atoms. The molecule has 1 amide bonds. The summed E-state index contributed by atoms with van der Waals surface area (Å²) in [6, 6.07) is 6.44. The first-order chi connectivity index (χ1) is 8.33. The van der Waals surface area contributed by atoms with Gasteiger partial charge in [-0.1, -0.05) is 17.7 Å². The number of hydrogen-bond donors (Lipinski definition) is 1. The zero-order chi connectivity index (χ0) is 13.5. The van der Waals surface area contributed by atoms with Crippen LogP contribution in [0.4, 0.5) is 5.69 Å². The summed E-state index contributed by atoms with van der Waals surface area (Å²) < 4.78 is 0. The molecule has 98 valence electrons. The summed E-state index contributed by atoms with van der Waals surface area (Å²) in [5, 5.41) is 3.30. The summed E-state index contributed by atoms with van der Waals surface area (Å²) in [7, 11) is 0. The van der Waals surface area contributed by atoms with Crippen molar-refractivity contribution in [2.45, 2.75) is 46.2 Å². The number of hydrogen-bond acceptors (Lipinski definition) is 2. The lowest BCUT2D eigenvalue weighted by Crippen LogP contribution is -2.65. The molecule has 0 aliphatic carbocycles. The van der Waals surface area contributed by atoms with Crippen molar-refractivity contribution < 1.29 is 4.79 Å². The molecule has 1 atom stereocenters. The van der Waals surface area contributed by atoms with Gasteiger partial charge >= 0.3 is 0 Å². The van der Waals surface area contributed by atoms with Crippen molar-refractivity contribution in [1.82, 2.24) is 5.32 Å². The second-order valence-corrected chi connectivity index (χ2v) is 5.82. The lowest BCUT2D eigenvalue weighted by molar-refractivity contribution is -0.125. The number of amides is 1. The Kier molecular flexibility index (Phi) is 3.20. The maximum Gasteiger partial charge on any atom is 0.247 e. The van der Waals surface area contributed by atoms with Crippen LogP contribution in [0.5, 0.6) is 0 Å². The van der Waals surface area contributed by atoms with Gasteiger partial charge in [0, 0.05) is 18.3 Å². The summed E-state index contributed by atoms with van der Waals surface area (Å²) in [5.41, 5.74) is 2.94. The molecule has 1 saturated heterocycles. The van der Waals surface area contributed by atoms with Gasteiger partial charge in [0.15, 0.2) is 0 Å². The minimum absolute atomic E-state index is 0.146. The van der Waals surface area contributed by atoms with E-state index in [9.17, 15) is 4.79 Å². The first-order valence-corrected chi connectivity index (χ1v) is 6.49. The molecule has 0 aromatic heterocycles. The van der Waals surface area contributed by atoms with Gasteiger partial charge in [-0.25, -0.2) is 0 Å². The predicted octanol–water partition coefficient (Wildman–Crippen LogP) is 2.41. The molecule has 2 rings (SSSR count). The van der Waals surface area contributed by atoms with Gasteiger partial charge in [0.25, 0.3) is 0 Å². The van der Waals surface area contributed by atoms with Crippen LogP contribution in [0.25, 0.3) is 0 Å². The van der Waals surface area contributed by atoms with Crippen molar-refractivity contribution >= 4 is 11.6 Å². The molecule has 1 unspecified atom stereocenters. The molecule has 1 N–H and O–H groups in total. The Balaban J connectivity index is 2.44. The van der Waals surface area contributed by atoms with Crippen molar-refractivity contribution in [3.05, 3.63) is 29.3 Å². The van der Waals surface area contributed by atoms with Crippen molar-refractivity contribution in [1.29, 1.82) is 0 Å². The van der Waals surface area contributed by atoms with E-state index >= 15 is 0 Å². The molecule has 18 heavy (non-hydrogen) atoms. The van der Waals surface area contributed by atoms with Crippen LogP contribution < -0.4 is 10.2 Å². The van der Waals surface area contributed by atoms with Gasteiger partial charge in [-0.2, -0.15) is 0 Å². The second kappa shape index (κ2) is 4.39. The SMILES string of the molecule is Cc1ccc(N2C(=O)C(C)(C)NCC2C)c(C)c1. The highest BCUT2D eigenvalue weighted by molar-refractivity contribution is 6.01. The zero-order valence-electron chi connectivity index (χ0n) is 11.9. The molecule has 0 bridgehead atoms. The third kappa shape index (κ3) is 2.15. The van der Waals surface area contributed by atoms with Crippen molar-refractivity contribution in [2.24, 2.45) is 0 Å². The number of carbonyl (C=O) groups excluding carboxylic acids is 1. The van der Waals surface area contributed by atoms with Crippen LogP contribution in [0.3, 0.4) is 0 Å². The topological polar surface area (TPSA) is 32.3 Å². The quantitative estimate of drug-likeness (QED) is 0.825. The van der Waals surface area contributed by atoms with Gasteiger partial charge in [0.1, 0.15) is 0 Å². The van der Waals surface area contributed by atoms with Crippen molar-refractivity contribution in [2.75, 3.05) is 11.4 Å². The Morgan fingerprint density at radius 1 is 1.33 bits per heavy atom. The lowest BCUT2D eigenvalue weighted by atomic mass is 9.96. The fourth-order valence-corrected chi connectivity index (χ4v) is 2.49. The largest absolute Gasteiger partial charge is 0.307 e. The average Bonchev–Trinajstić information content (AvgIpc) is 2.28. The summed E-state index contributed by atoms with van der Waals surface area (Å²) in [6.07, 6.45) is 0. The molecule has 1 fully saturated rings. The fraction of sp³-hybridized carbons (Fsp3) is 0.533. The van der Waals surface area contributed by atoms with Crippen LogP contribution >= 0.6 is 0 Å². The molecule has 1 heterocycles. The Hall–Kier alpha value is -1.35. The molecule has 1 aromatic rings. The van der Waals surface area contributed by atoms with E-state index in [-0.39, 0.29) is 11.9 Å². The molecule has 1 aliphatic rings. The fourth-order valence-electron chi connectivity index (χ4n) is 2.49. The molecular weight excluding hydrogens is 224 g/mol. The normalized spacial score (nSPS) is 23.3. The Morgan fingerprint density at radius 2 is 2.00 bits per heavy atom. The van der Waals surface area contributed by atoms with E-state index in [0.29, 0.717) is 0 Å². The molecule has 3 nitrogen and oxygen atoms in total. The van der Waals surface area contributed by atoms with E-state index in [4.69, 9.17) is 0 Å². The highest BCUT2D eigenvalue weighted by atomic mass is 16.2. The first-order valence-electron chi connectivity index (χ1n) is 6.49. The molecule has 1 aliphatic heterocycles. The maximum atomic E-state index is 12.6. The smallest absolute Gasteiger partial charge is 0.247 e. The number of carbonyl (C=O) groups is 1.